The quantitative estimate of drug-likeness (QED) is 0.300. The summed E-state index contributed by atoms with van der Waals surface area (Å²) in [6.07, 6.45) is 2.64. The van der Waals surface area contributed by atoms with E-state index in [1.165, 1.54) is 6.07 Å². The normalized spacial score (nSPS) is 25.1. The van der Waals surface area contributed by atoms with Crippen molar-refractivity contribution in [3.8, 4) is 0 Å². The van der Waals surface area contributed by atoms with Gasteiger partial charge in [0, 0.05) is 34.0 Å². The fraction of sp³-hybridized carbons (Fsp3) is 0.400. The van der Waals surface area contributed by atoms with Gasteiger partial charge in [0.2, 0.25) is 0 Å². The summed E-state index contributed by atoms with van der Waals surface area (Å²) in [7, 11) is 0. The van der Waals surface area contributed by atoms with Gasteiger partial charge >= 0.3 is 5.97 Å². The molecule has 0 amide bonds. The lowest BCUT2D eigenvalue weighted by Gasteiger charge is -2.37. The van der Waals surface area contributed by atoms with E-state index in [4.69, 9.17) is 4.74 Å². The van der Waals surface area contributed by atoms with Gasteiger partial charge in [-0.1, -0.05) is 63.2 Å². The number of allylic oxidation sites excluding steroid dienone is 2. The molecule has 7 heteroatoms. The maximum Gasteiger partial charge on any atom is 0.337 e. The molecule has 37 heavy (non-hydrogen) atoms. The van der Waals surface area contributed by atoms with E-state index in [1.807, 2.05) is 12.1 Å². The molecule has 2 aromatic carbocycles. The lowest BCUT2D eigenvalue weighted by atomic mass is 9.75. The first-order valence-corrected chi connectivity index (χ1v) is 13.0. The highest BCUT2D eigenvalue weighted by Crippen LogP contribution is 2.49. The van der Waals surface area contributed by atoms with Crippen LogP contribution in [0.1, 0.15) is 74.4 Å². The number of nitro benzene ring substituents is 1. The molecule has 1 saturated carbocycles. The molecule has 1 fully saturated rings. The largest absolute Gasteiger partial charge is 0.459 e. The molecule has 2 aromatic rings. The number of nitrogens with zero attached hydrogens (tertiary/aromatic N) is 1. The standard InChI is InChI=1S/C30H32N2O5/c1-16(2)19-14-13-17(3)24(15-19)37-30(34)25-18(4)31-28-20-9-5-6-10-21(20)29(33)27(28)26(25)22-11-7-8-12-23(22)32(35)36/h5-12,16-17,19,24,26,31H,13-15H2,1-4H3/t17-,19-,24-,26-/m1/s1. The van der Waals surface area contributed by atoms with Crippen LogP contribution in [0, 0.1) is 27.9 Å². The Hall–Kier alpha value is -3.74. The fourth-order valence-corrected chi connectivity index (χ4v) is 6.09. The smallest absolute Gasteiger partial charge is 0.337 e. The molecule has 192 valence electrons. The highest BCUT2D eigenvalue weighted by atomic mass is 16.6. The summed E-state index contributed by atoms with van der Waals surface area (Å²) in [4.78, 5) is 39.2. The summed E-state index contributed by atoms with van der Waals surface area (Å²) in [5.74, 6) is -0.486. The number of Topliss-reactive ketones (excluding diaryl/α,β-unsaturated/α-hetero) is 1. The molecule has 1 aliphatic heterocycles. The number of ketones is 1. The molecule has 1 N–H and O–H groups in total. The minimum Gasteiger partial charge on any atom is -0.459 e. The molecule has 2 aliphatic carbocycles. The number of nitro groups is 1. The number of nitrogens with one attached hydrogen (secondary N) is 1. The number of fused-ring (bicyclic) bond motifs is 2. The van der Waals surface area contributed by atoms with Crippen LogP contribution in [-0.4, -0.2) is 22.8 Å². The number of carbonyl (C=O) groups excluding carboxylic acids is 2. The maximum atomic E-state index is 13.9. The van der Waals surface area contributed by atoms with Crippen LogP contribution in [0.4, 0.5) is 5.69 Å². The number of hydrogen-bond donors (Lipinski definition) is 1. The van der Waals surface area contributed by atoms with E-state index in [2.05, 4.69) is 26.1 Å². The predicted molar refractivity (Wildman–Crippen MR) is 141 cm³/mol. The van der Waals surface area contributed by atoms with Gasteiger partial charge < -0.3 is 10.1 Å². The van der Waals surface area contributed by atoms with Gasteiger partial charge in [-0.15, -0.1) is 0 Å². The minimum atomic E-state index is -0.912. The molecule has 0 bridgehead atoms. The second-order valence-electron chi connectivity index (χ2n) is 10.8. The second kappa shape index (κ2) is 9.61. The van der Waals surface area contributed by atoms with Gasteiger partial charge in [-0.3, -0.25) is 14.9 Å². The van der Waals surface area contributed by atoms with E-state index in [0.717, 1.165) is 24.8 Å². The predicted octanol–water partition coefficient (Wildman–Crippen LogP) is 6.17. The van der Waals surface area contributed by atoms with Crippen molar-refractivity contribution in [2.24, 2.45) is 17.8 Å². The van der Waals surface area contributed by atoms with E-state index in [9.17, 15) is 19.7 Å². The van der Waals surface area contributed by atoms with E-state index < -0.39 is 16.8 Å². The van der Waals surface area contributed by atoms with E-state index in [0.29, 0.717) is 39.9 Å². The van der Waals surface area contributed by atoms with Crippen molar-refractivity contribution in [1.29, 1.82) is 0 Å². The highest BCUT2D eigenvalue weighted by Gasteiger charge is 2.45. The molecule has 0 aromatic heterocycles. The molecule has 5 rings (SSSR count). The van der Waals surface area contributed by atoms with Gasteiger partial charge in [-0.25, -0.2) is 4.79 Å². The summed E-state index contributed by atoms with van der Waals surface area (Å²) < 4.78 is 6.17. The zero-order valence-corrected chi connectivity index (χ0v) is 21.6. The number of esters is 1. The second-order valence-corrected chi connectivity index (χ2v) is 10.8. The number of carbonyl (C=O) groups is 2. The van der Waals surface area contributed by atoms with E-state index >= 15 is 0 Å². The Balaban J connectivity index is 1.60. The van der Waals surface area contributed by atoms with Crippen LogP contribution in [0.25, 0.3) is 5.70 Å². The van der Waals surface area contributed by atoms with Crippen LogP contribution in [-0.2, 0) is 9.53 Å². The van der Waals surface area contributed by atoms with Gasteiger partial charge in [-0.2, -0.15) is 0 Å². The molecule has 0 spiro atoms. The van der Waals surface area contributed by atoms with Crippen LogP contribution in [0.5, 0.6) is 0 Å². The number of dihydropyridines is 1. The van der Waals surface area contributed by atoms with Gasteiger partial charge in [0.25, 0.3) is 5.69 Å². The van der Waals surface area contributed by atoms with Crippen LogP contribution in [0.15, 0.2) is 65.4 Å². The van der Waals surface area contributed by atoms with Gasteiger partial charge in [0.05, 0.1) is 22.1 Å². The Morgan fingerprint density at radius 3 is 2.46 bits per heavy atom. The van der Waals surface area contributed by atoms with Crippen molar-refractivity contribution in [2.45, 2.75) is 59.0 Å². The Morgan fingerprint density at radius 2 is 1.76 bits per heavy atom. The topological polar surface area (TPSA) is 98.5 Å². The maximum absolute atomic E-state index is 13.9. The average Bonchev–Trinajstić information content (AvgIpc) is 3.15. The molecular weight excluding hydrogens is 468 g/mol. The Bertz CT molecular complexity index is 1360. The zero-order chi connectivity index (χ0) is 26.4. The summed E-state index contributed by atoms with van der Waals surface area (Å²) in [5, 5.41) is 15.3. The number of rotatable bonds is 5. The number of para-hydroxylation sites is 1. The van der Waals surface area contributed by atoms with E-state index in [-0.39, 0.29) is 29.1 Å². The summed E-state index contributed by atoms with van der Waals surface area (Å²) in [5.41, 5.74) is 3.19. The van der Waals surface area contributed by atoms with Crippen molar-refractivity contribution in [3.63, 3.8) is 0 Å². The zero-order valence-electron chi connectivity index (χ0n) is 21.6. The monoisotopic (exact) mass is 500 g/mol. The van der Waals surface area contributed by atoms with Gasteiger partial charge in [0.15, 0.2) is 5.78 Å². The van der Waals surface area contributed by atoms with Crippen molar-refractivity contribution < 1.29 is 19.2 Å². The number of benzene rings is 2. The molecule has 0 radical (unpaired) electrons. The van der Waals surface area contributed by atoms with Crippen molar-refractivity contribution >= 4 is 23.1 Å². The first-order chi connectivity index (χ1) is 17.7. The van der Waals surface area contributed by atoms with Crippen molar-refractivity contribution in [3.05, 3.63) is 92.2 Å². The van der Waals surface area contributed by atoms with E-state index in [1.54, 1.807) is 37.3 Å². The van der Waals surface area contributed by atoms with Crippen LogP contribution in [0.3, 0.4) is 0 Å². The van der Waals surface area contributed by atoms with Gasteiger partial charge in [-0.05, 0) is 43.9 Å². The molecule has 0 unspecified atom stereocenters. The minimum absolute atomic E-state index is 0.131. The van der Waals surface area contributed by atoms with Gasteiger partial charge in [0.1, 0.15) is 6.10 Å². The fourth-order valence-electron chi connectivity index (χ4n) is 6.09. The van der Waals surface area contributed by atoms with Crippen molar-refractivity contribution in [1.82, 2.24) is 5.32 Å². The van der Waals surface area contributed by atoms with Crippen LogP contribution in [0.2, 0.25) is 0 Å². The Morgan fingerprint density at radius 1 is 1.08 bits per heavy atom. The Kier molecular flexibility index (Phi) is 6.48. The van der Waals surface area contributed by atoms with Crippen LogP contribution < -0.4 is 5.32 Å². The first kappa shape index (κ1) is 24.9. The summed E-state index contributed by atoms with van der Waals surface area (Å²) >= 11 is 0. The van der Waals surface area contributed by atoms with Crippen LogP contribution >= 0.6 is 0 Å². The Labute approximate surface area is 216 Å². The third-order valence-electron chi connectivity index (χ3n) is 8.28. The average molecular weight is 501 g/mol. The number of hydrogen-bond acceptors (Lipinski definition) is 6. The first-order valence-electron chi connectivity index (χ1n) is 13.0. The highest BCUT2D eigenvalue weighted by molar-refractivity contribution is 6.23. The molecule has 1 heterocycles. The summed E-state index contributed by atoms with van der Waals surface area (Å²) in [6, 6.07) is 13.6. The summed E-state index contributed by atoms with van der Waals surface area (Å²) in [6.45, 7) is 8.26. The molecule has 3 aliphatic rings. The molecular formula is C30H32N2O5. The lowest BCUT2D eigenvalue weighted by molar-refractivity contribution is -0.385. The SMILES string of the molecule is CC1=C(C(=O)O[C@@H]2C[C@H](C(C)C)CC[C@H]2C)[C@@H](c2ccccc2[N+](=O)[O-])C2=C(N1)c1ccccc1C2=O. The molecule has 0 saturated heterocycles. The molecule has 4 atom stereocenters. The third-order valence-corrected chi connectivity index (χ3v) is 8.28. The lowest BCUT2D eigenvalue weighted by Crippen LogP contribution is -2.36. The molecule has 7 nitrogen and oxygen atoms in total. The van der Waals surface area contributed by atoms with Crippen molar-refractivity contribution in [2.75, 3.05) is 0 Å². The third kappa shape index (κ3) is 4.26. The number of ether oxygens (including phenoxy) is 1.